The van der Waals surface area contributed by atoms with Crippen molar-refractivity contribution in [3.05, 3.63) is 69.2 Å². The van der Waals surface area contributed by atoms with E-state index in [1.165, 1.54) is 7.11 Å². The molecule has 0 saturated heterocycles. The van der Waals surface area contributed by atoms with Crippen molar-refractivity contribution in [1.82, 2.24) is 10.6 Å². The molecule has 0 radical (unpaired) electrons. The molecule has 0 saturated carbocycles. The number of halogens is 2. The van der Waals surface area contributed by atoms with Gasteiger partial charge in [0.15, 0.2) is 0 Å². The van der Waals surface area contributed by atoms with Crippen molar-refractivity contribution in [3.63, 3.8) is 0 Å². The highest BCUT2D eigenvalue weighted by Crippen LogP contribution is 2.25. The van der Waals surface area contributed by atoms with Crippen LogP contribution in [0.15, 0.2) is 42.5 Å². The Hall–Kier alpha value is -2.08. The molecule has 144 valence electrons. The second kappa shape index (κ2) is 9.74. The van der Waals surface area contributed by atoms with E-state index in [0.717, 1.165) is 5.56 Å². The number of rotatable bonds is 7. The third-order valence-electron chi connectivity index (χ3n) is 4.23. The number of carbonyl (C=O) groups is 2. The first kappa shape index (κ1) is 21.2. The van der Waals surface area contributed by atoms with Crippen LogP contribution in [0.3, 0.4) is 0 Å². The number of benzene rings is 2. The summed E-state index contributed by atoms with van der Waals surface area (Å²) in [7, 11) is 3.04. The van der Waals surface area contributed by atoms with E-state index in [9.17, 15) is 9.59 Å². The van der Waals surface area contributed by atoms with Crippen LogP contribution < -0.4 is 10.6 Å². The number of esters is 1. The fourth-order valence-corrected chi connectivity index (χ4v) is 3.38. The van der Waals surface area contributed by atoms with Gasteiger partial charge in [-0.05, 0) is 54.9 Å². The van der Waals surface area contributed by atoms with Crippen LogP contribution in [0.4, 0.5) is 0 Å². The van der Waals surface area contributed by atoms with Crippen molar-refractivity contribution in [2.75, 3.05) is 14.2 Å². The van der Waals surface area contributed by atoms with E-state index in [1.807, 2.05) is 19.1 Å². The molecule has 0 aliphatic rings. The minimum Gasteiger partial charge on any atom is -0.465 e. The molecular formula is C20H22Cl2N2O3. The van der Waals surface area contributed by atoms with Gasteiger partial charge in [-0.1, -0.05) is 42.3 Å². The number of methoxy groups -OCH3 is 1. The summed E-state index contributed by atoms with van der Waals surface area (Å²) < 4.78 is 4.70. The number of likely N-dealkylation sites (N-methyl/N-ethyl adjacent to an activating group) is 1. The van der Waals surface area contributed by atoms with Crippen molar-refractivity contribution in [2.24, 2.45) is 0 Å². The Labute approximate surface area is 169 Å². The molecule has 0 aromatic heterocycles. The standard InChI is InChI=1S/C20H22Cl2N2O3/c1-4-17(12-5-7-13(8-6-12)20(26)27-3)24-19(25)18(23-2)14-9-15(21)11-16(22)10-14/h5-11,17-18,23H,4H2,1-3H3,(H,24,25). The summed E-state index contributed by atoms with van der Waals surface area (Å²) in [4.78, 5) is 24.4. The zero-order valence-corrected chi connectivity index (χ0v) is 16.9. The summed E-state index contributed by atoms with van der Waals surface area (Å²) in [5, 5.41) is 6.96. The molecule has 0 bridgehead atoms. The van der Waals surface area contributed by atoms with Crippen LogP contribution in [0, 0.1) is 0 Å². The van der Waals surface area contributed by atoms with Crippen molar-refractivity contribution < 1.29 is 14.3 Å². The summed E-state index contributed by atoms with van der Waals surface area (Å²) >= 11 is 12.1. The Morgan fingerprint density at radius 2 is 1.63 bits per heavy atom. The van der Waals surface area contributed by atoms with Crippen molar-refractivity contribution in [2.45, 2.75) is 25.4 Å². The summed E-state index contributed by atoms with van der Waals surface area (Å²) in [6, 6.07) is 11.2. The number of hydrogen-bond donors (Lipinski definition) is 2. The molecule has 2 aromatic rings. The minimum atomic E-state index is -0.593. The molecule has 0 fully saturated rings. The van der Waals surface area contributed by atoms with Gasteiger partial charge >= 0.3 is 5.97 Å². The van der Waals surface area contributed by atoms with Gasteiger partial charge in [-0.25, -0.2) is 4.79 Å². The van der Waals surface area contributed by atoms with E-state index in [-0.39, 0.29) is 11.9 Å². The number of amides is 1. The number of ether oxygens (including phenoxy) is 1. The molecule has 2 N–H and O–H groups in total. The SMILES string of the molecule is CCC(NC(=O)C(NC)c1cc(Cl)cc(Cl)c1)c1ccc(C(=O)OC)cc1. The maximum atomic E-state index is 12.8. The van der Waals surface area contributed by atoms with Gasteiger partial charge in [-0.2, -0.15) is 0 Å². The minimum absolute atomic E-state index is 0.195. The quantitative estimate of drug-likeness (QED) is 0.669. The largest absolute Gasteiger partial charge is 0.465 e. The maximum Gasteiger partial charge on any atom is 0.337 e. The van der Waals surface area contributed by atoms with Crippen LogP contribution in [-0.4, -0.2) is 26.0 Å². The normalized spacial score (nSPS) is 12.9. The second-order valence-electron chi connectivity index (χ2n) is 6.01. The van der Waals surface area contributed by atoms with Crippen LogP contribution in [-0.2, 0) is 9.53 Å². The molecule has 2 aromatic carbocycles. The lowest BCUT2D eigenvalue weighted by molar-refractivity contribution is -0.124. The Kier molecular flexibility index (Phi) is 7.66. The average Bonchev–Trinajstić information content (AvgIpc) is 2.65. The molecule has 0 aliphatic heterocycles. The lowest BCUT2D eigenvalue weighted by Crippen LogP contribution is -2.38. The molecular weight excluding hydrogens is 387 g/mol. The van der Waals surface area contributed by atoms with E-state index < -0.39 is 12.0 Å². The van der Waals surface area contributed by atoms with Crippen LogP contribution in [0.5, 0.6) is 0 Å². The molecule has 2 rings (SSSR count). The molecule has 1 amide bonds. The van der Waals surface area contributed by atoms with Gasteiger partial charge in [0.1, 0.15) is 6.04 Å². The smallest absolute Gasteiger partial charge is 0.337 e. The second-order valence-corrected chi connectivity index (χ2v) is 6.88. The highest BCUT2D eigenvalue weighted by atomic mass is 35.5. The first-order valence-electron chi connectivity index (χ1n) is 8.51. The van der Waals surface area contributed by atoms with Crippen LogP contribution in [0.2, 0.25) is 10.0 Å². The fraction of sp³-hybridized carbons (Fsp3) is 0.300. The fourth-order valence-electron chi connectivity index (χ4n) is 2.84. The summed E-state index contributed by atoms with van der Waals surface area (Å²) in [6.07, 6.45) is 0.691. The van der Waals surface area contributed by atoms with Gasteiger partial charge in [0.05, 0.1) is 18.7 Å². The number of hydrogen-bond acceptors (Lipinski definition) is 4. The van der Waals surface area contributed by atoms with Gasteiger partial charge in [-0.3, -0.25) is 4.79 Å². The summed E-state index contributed by atoms with van der Waals surface area (Å²) in [6.45, 7) is 1.98. The first-order valence-corrected chi connectivity index (χ1v) is 9.27. The van der Waals surface area contributed by atoms with E-state index in [1.54, 1.807) is 37.4 Å². The zero-order valence-electron chi connectivity index (χ0n) is 15.4. The lowest BCUT2D eigenvalue weighted by Gasteiger charge is -2.23. The molecule has 2 unspecified atom stereocenters. The van der Waals surface area contributed by atoms with Gasteiger partial charge in [0.2, 0.25) is 5.91 Å². The monoisotopic (exact) mass is 408 g/mol. The topological polar surface area (TPSA) is 67.4 Å². The highest BCUT2D eigenvalue weighted by molar-refractivity contribution is 6.34. The van der Waals surface area contributed by atoms with Crippen molar-refractivity contribution >= 4 is 35.1 Å². The predicted octanol–water partition coefficient (Wildman–Crippen LogP) is 4.31. The Bertz CT molecular complexity index is 789. The molecule has 0 heterocycles. The van der Waals surface area contributed by atoms with E-state index in [0.29, 0.717) is 27.6 Å². The van der Waals surface area contributed by atoms with Crippen LogP contribution >= 0.6 is 23.2 Å². The van der Waals surface area contributed by atoms with Crippen LogP contribution in [0.1, 0.15) is 46.9 Å². The molecule has 2 atom stereocenters. The number of carbonyl (C=O) groups excluding carboxylic acids is 2. The molecule has 7 heteroatoms. The van der Waals surface area contributed by atoms with E-state index in [4.69, 9.17) is 27.9 Å². The third kappa shape index (κ3) is 5.45. The third-order valence-corrected chi connectivity index (χ3v) is 4.66. The highest BCUT2D eigenvalue weighted by Gasteiger charge is 2.23. The predicted molar refractivity (Wildman–Crippen MR) is 107 cm³/mol. The average molecular weight is 409 g/mol. The number of nitrogens with one attached hydrogen (secondary N) is 2. The Balaban J connectivity index is 2.18. The lowest BCUT2D eigenvalue weighted by atomic mass is 10.0. The van der Waals surface area contributed by atoms with Crippen molar-refractivity contribution in [1.29, 1.82) is 0 Å². The van der Waals surface area contributed by atoms with E-state index >= 15 is 0 Å². The molecule has 5 nitrogen and oxygen atoms in total. The Morgan fingerprint density at radius 3 is 2.11 bits per heavy atom. The summed E-state index contributed by atoms with van der Waals surface area (Å²) in [5.41, 5.74) is 2.05. The Morgan fingerprint density at radius 1 is 1.04 bits per heavy atom. The summed E-state index contributed by atoms with van der Waals surface area (Å²) in [5.74, 6) is -0.591. The molecule has 0 aliphatic carbocycles. The molecule has 27 heavy (non-hydrogen) atoms. The van der Waals surface area contributed by atoms with Gasteiger partial charge in [-0.15, -0.1) is 0 Å². The first-order chi connectivity index (χ1) is 12.9. The molecule has 0 spiro atoms. The van der Waals surface area contributed by atoms with Gasteiger partial charge in [0.25, 0.3) is 0 Å². The zero-order chi connectivity index (χ0) is 20.0. The maximum absolute atomic E-state index is 12.8. The van der Waals surface area contributed by atoms with Gasteiger partial charge in [0, 0.05) is 10.0 Å². The van der Waals surface area contributed by atoms with E-state index in [2.05, 4.69) is 10.6 Å². The van der Waals surface area contributed by atoms with Crippen molar-refractivity contribution in [3.8, 4) is 0 Å². The van der Waals surface area contributed by atoms with Crippen LogP contribution in [0.25, 0.3) is 0 Å². The van der Waals surface area contributed by atoms with Gasteiger partial charge < -0.3 is 15.4 Å².